The molecule has 1 heterocycles. The third kappa shape index (κ3) is 4.93. The maximum absolute atomic E-state index is 11.4. The van der Waals surface area contributed by atoms with Crippen molar-refractivity contribution in [1.82, 2.24) is 9.97 Å². The number of para-hydroxylation sites is 1. The van der Waals surface area contributed by atoms with E-state index in [1.165, 1.54) is 0 Å². The lowest BCUT2D eigenvalue weighted by molar-refractivity contribution is -0.139. The molecule has 1 saturated carbocycles. The highest BCUT2D eigenvalue weighted by Crippen LogP contribution is 2.46. The standard InChI is InChI=1S/C30H30N4O2/c1-2-34(25-12-7-4-8-13-25)27-20-26(22-10-5-3-6-11-22)32-29(33-27)31-24-16-14-23(15-17-24)30(18-9-19-30)21-28(35)36/h3-8,10-17,20H,2,9,18-19,21H2,1H3,(H,35,36)(H,31,32,33). The number of hydrogen-bond acceptors (Lipinski definition) is 5. The first-order chi connectivity index (χ1) is 17.6. The molecule has 1 aliphatic carbocycles. The molecule has 4 aromatic rings. The first kappa shape index (κ1) is 23.5. The van der Waals surface area contributed by atoms with Gasteiger partial charge in [0, 0.05) is 35.0 Å². The summed E-state index contributed by atoms with van der Waals surface area (Å²) in [4.78, 5) is 23.3. The number of rotatable bonds is 9. The number of carboxylic acid groups (broad SMARTS) is 1. The second-order valence-electron chi connectivity index (χ2n) is 9.29. The zero-order valence-electron chi connectivity index (χ0n) is 20.4. The summed E-state index contributed by atoms with van der Waals surface area (Å²) in [5.41, 5.74) is 4.63. The Labute approximate surface area is 211 Å². The van der Waals surface area contributed by atoms with E-state index < -0.39 is 5.97 Å². The molecule has 6 nitrogen and oxygen atoms in total. The Hall–Kier alpha value is -4.19. The molecule has 36 heavy (non-hydrogen) atoms. The van der Waals surface area contributed by atoms with Crippen molar-refractivity contribution in [3.05, 3.63) is 96.6 Å². The molecule has 6 heteroatoms. The van der Waals surface area contributed by atoms with Crippen molar-refractivity contribution in [2.24, 2.45) is 0 Å². The molecule has 1 aliphatic rings. The van der Waals surface area contributed by atoms with Crippen molar-refractivity contribution in [1.29, 1.82) is 0 Å². The van der Waals surface area contributed by atoms with Crippen LogP contribution in [0.1, 0.15) is 38.2 Å². The van der Waals surface area contributed by atoms with Crippen molar-refractivity contribution < 1.29 is 9.90 Å². The fraction of sp³-hybridized carbons (Fsp3) is 0.233. The molecule has 0 atom stereocenters. The van der Waals surface area contributed by atoms with Crippen molar-refractivity contribution in [2.45, 2.75) is 38.0 Å². The number of nitrogens with one attached hydrogen (secondary N) is 1. The molecule has 0 saturated heterocycles. The lowest BCUT2D eigenvalue weighted by Gasteiger charge is -2.41. The van der Waals surface area contributed by atoms with Crippen LogP contribution in [0, 0.1) is 0 Å². The Morgan fingerprint density at radius 2 is 1.61 bits per heavy atom. The highest BCUT2D eigenvalue weighted by atomic mass is 16.4. The van der Waals surface area contributed by atoms with E-state index in [1.54, 1.807) is 0 Å². The van der Waals surface area contributed by atoms with E-state index in [2.05, 4.69) is 29.3 Å². The van der Waals surface area contributed by atoms with Crippen LogP contribution in [0.5, 0.6) is 0 Å². The number of anilines is 4. The summed E-state index contributed by atoms with van der Waals surface area (Å²) in [5.74, 6) is 0.582. The van der Waals surface area contributed by atoms with Crippen LogP contribution in [0.4, 0.5) is 23.1 Å². The quantitative estimate of drug-likeness (QED) is 0.271. The largest absolute Gasteiger partial charge is 0.481 e. The molecule has 0 amide bonds. The molecule has 0 bridgehead atoms. The van der Waals surface area contributed by atoms with Crippen LogP contribution in [0.15, 0.2) is 91.0 Å². The summed E-state index contributed by atoms with van der Waals surface area (Å²) >= 11 is 0. The van der Waals surface area contributed by atoms with Crippen LogP contribution >= 0.6 is 0 Å². The minimum atomic E-state index is -0.741. The summed E-state index contributed by atoms with van der Waals surface area (Å²) in [6.07, 6.45) is 3.09. The average Bonchev–Trinajstić information content (AvgIpc) is 2.88. The number of carbonyl (C=O) groups is 1. The molecule has 0 unspecified atom stereocenters. The van der Waals surface area contributed by atoms with E-state index in [0.29, 0.717) is 5.95 Å². The Morgan fingerprint density at radius 1 is 0.944 bits per heavy atom. The summed E-state index contributed by atoms with van der Waals surface area (Å²) in [5, 5.41) is 12.8. The predicted octanol–water partition coefficient (Wildman–Crippen LogP) is 6.94. The number of hydrogen-bond donors (Lipinski definition) is 2. The molecule has 3 aromatic carbocycles. The monoisotopic (exact) mass is 478 g/mol. The van der Waals surface area contributed by atoms with Gasteiger partial charge in [-0.25, -0.2) is 4.98 Å². The van der Waals surface area contributed by atoms with E-state index in [9.17, 15) is 9.90 Å². The minimum absolute atomic E-state index is 0.178. The topological polar surface area (TPSA) is 78.4 Å². The van der Waals surface area contributed by atoms with Gasteiger partial charge in [-0.2, -0.15) is 4.98 Å². The van der Waals surface area contributed by atoms with Gasteiger partial charge in [-0.1, -0.05) is 67.1 Å². The third-order valence-corrected chi connectivity index (χ3v) is 7.00. The number of carboxylic acids is 1. The molecule has 5 rings (SSSR count). The van der Waals surface area contributed by atoms with Crippen LogP contribution in [0.25, 0.3) is 11.3 Å². The maximum atomic E-state index is 11.4. The molecule has 2 N–H and O–H groups in total. The fourth-order valence-corrected chi connectivity index (χ4v) is 4.97. The molecule has 182 valence electrons. The zero-order chi connectivity index (χ0) is 25.0. The Kier molecular flexibility index (Phi) is 6.67. The molecule has 0 spiro atoms. The molecule has 0 radical (unpaired) electrons. The van der Waals surface area contributed by atoms with Crippen LogP contribution in [0.3, 0.4) is 0 Å². The van der Waals surface area contributed by atoms with Gasteiger partial charge in [0.25, 0.3) is 0 Å². The zero-order valence-corrected chi connectivity index (χ0v) is 20.4. The van der Waals surface area contributed by atoms with Crippen LogP contribution in [0.2, 0.25) is 0 Å². The lowest BCUT2D eigenvalue weighted by Crippen LogP contribution is -2.36. The first-order valence-electron chi connectivity index (χ1n) is 12.4. The summed E-state index contributed by atoms with van der Waals surface area (Å²) < 4.78 is 0. The van der Waals surface area contributed by atoms with Crippen molar-refractivity contribution in [2.75, 3.05) is 16.8 Å². The van der Waals surface area contributed by atoms with Gasteiger partial charge in [-0.3, -0.25) is 4.79 Å². The molecular formula is C30H30N4O2. The number of aromatic nitrogens is 2. The van der Waals surface area contributed by atoms with Gasteiger partial charge in [-0.05, 0) is 49.6 Å². The van der Waals surface area contributed by atoms with Gasteiger partial charge in [0.05, 0.1) is 12.1 Å². The van der Waals surface area contributed by atoms with Gasteiger partial charge in [-0.15, -0.1) is 0 Å². The van der Waals surface area contributed by atoms with E-state index in [4.69, 9.17) is 9.97 Å². The second kappa shape index (κ2) is 10.2. The lowest BCUT2D eigenvalue weighted by atomic mass is 9.62. The van der Waals surface area contributed by atoms with Crippen LogP contribution < -0.4 is 10.2 Å². The van der Waals surface area contributed by atoms with Crippen molar-refractivity contribution in [3.8, 4) is 11.3 Å². The highest BCUT2D eigenvalue weighted by molar-refractivity contribution is 5.71. The first-order valence-corrected chi connectivity index (χ1v) is 12.4. The number of nitrogens with zero attached hydrogens (tertiary/aromatic N) is 3. The van der Waals surface area contributed by atoms with Crippen molar-refractivity contribution >= 4 is 29.1 Å². The van der Waals surface area contributed by atoms with Gasteiger partial charge in [0.1, 0.15) is 5.82 Å². The smallest absolute Gasteiger partial charge is 0.304 e. The normalized spacial score (nSPS) is 14.0. The Bertz CT molecular complexity index is 1320. The summed E-state index contributed by atoms with van der Waals surface area (Å²) in [7, 11) is 0. The average molecular weight is 479 g/mol. The summed E-state index contributed by atoms with van der Waals surface area (Å²) in [6.45, 7) is 2.87. The maximum Gasteiger partial charge on any atom is 0.304 e. The molecular weight excluding hydrogens is 448 g/mol. The van der Waals surface area contributed by atoms with E-state index >= 15 is 0 Å². The van der Waals surface area contributed by atoms with E-state index in [0.717, 1.165) is 59.8 Å². The van der Waals surface area contributed by atoms with Gasteiger partial charge >= 0.3 is 5.97 Å². The Morgan fingerprint density at radius 3 is 2.19 bits per heavy atom. The molecule has 1 fully saturated rings. The van der Waals surface area contributed by atoms with E-state index in [-0.39, 0.29) is 11.8 Å². The molecule has 0 aliphatic heterocycles. The second-order valence-corrected chi connectivity index (χ2v) is 9.29. The van der Waals surface area contributed by atoms with Gasteiger partial charge in [0.15, 0.2) is 0 Å². The predicted molar refractivity (Wildman–Crippen MR) is 144 cm³/mol. The van der Waals surface area contributed by atoms with Gasteiger partial charge in [0.2, 0.25) is 5.95 Å². The number of aliphatic carboxylic acids is 1. The summed E-state index contributed by atoms with van der Waals surface area (Å²) in [6, 6.07) is 30.4. The number of benzene rings is 3. The van der Waals surface area contributed by atoms with Crippen LogP contribution in [-0.4, -0.2) is 27.6 Å². The van der Waals surface area contributed by atoms with E-state index in [1.807, 2.05) is 78.9 Å². The van der Waals surface area contributed by atoms with Gasteiger partial charge < -0.3 is 15.3 Å². The van der Waals surface area contributed by atoms with Crippen LogP contribution in [-0.2, 0) is 10.2 Å². The highest BCUT2D eigenvalue weighted by Gasteiger charge is 2.40. The minimum Gasteiger partial charge on any atom is -0.481 e. The Balaban J connectivity index is 1.47. The SMILES string of the molecule is CCN(c1ccccc1)c1cc(-c2ccccc2)nc(Nc2ccc(C3(CC(=O)O)CCC3)cc2)n1. The molecule has 1 aromatic heterocycles. The van der Waals surface area contributed by atoms with Crippen molar-refractivity contribution in [3.63, 3.8) is 0 Å². The third-order valence-electron chi connectivity index (χ3n) is 7.00. The fourth-order valence-electron chi connectivity index (χ4n) is 4.97.